The molecule has 1 aromatic heterocycles. The molecule has 0 saturated carbocycles. The second-order valence-electron chi connectivity index (χ2n) is 3.94. The molecule has 0 atom stereocenters. The van der Waals surface area contributed by atoms with E-state index in [0.717, 1.165) is 0 Å². The first-order valence-corrected chi connectivity index (χ1v) is 5.95. The molecule has 0 aliphatic rings. The van der Waals surface area contributed by atoms with Crippen LogP contribution in [0.3, 0.4) is 0 Å². The second kappa shape index (κ2) is 5.50. The zero-order chi connectivity index (χ0) is 14.0. The molecule has 19 heavy (non-hydrogen) atoms. The third-order valence-corrected chi connectivity index (χ3v) is 3.15. The van der Waals surface area contributed by atoms with E-state index in [1.54, 1.807) is 13.2 Å². The van der Waals surface area contributed by atoms with E-state index in [1.807, 2.05) is 0 Å². The quantitative estimate of drug-likeness (QED) is 0.936. The van der Waals surface area contributed by atoms with Gasteiger partial charge in [0.2, 0.25) is 0 Å². The molecule has 6 heteroatoms. The Morgan fingerprint density at radius 2 is 1.84 bits per heavy atom. The molecule has 0 spiro atoms. The predicted octanol–water partition coefficient (Wildman–Crippen LogP) is 2.35. The molecule has 0 radical (unpaired) electrons. The minimum Gasteiger partial charge on any atom is -0.495 e. The smallest absolute Gasteiger partial charge is 0.191 e. The highest BCUT2D eigenvalue weighted by molar-refractivity contribution is 6.37. The van der Waals surface area contributed by atoms with E-state index in [4.69, 9.17) is 25.8 Å². The van der Waals surface area contributed by atoms with Gasteiger partial charge in [-0.05, 0) is 0 Å². The van der Waals surface area contributed by atoms with Gasteiger partial charge in [0, 0.05) is 24.9 Å². The van der Waals surface area contributed by atoms with Gasteiger partial charge >= 0.3 is 0 Å². The average Bonchev–Trinajstić information content (AvgIpc) is 2.39. The van der Waals surface area contributed by atoms with Gasteiger partial charge in [0.15, 0.2) is 5.43 Å². The van der Waals surface area contributed by atoms with Crippen molar-refractivity contribution < 1.29 is 14.2 Å². The maximum absolute atomic E-state index is 12.2. The maximum Gasteiger partial charge on any atom is 0.191 e. The van der Waals surface area contributed by atoms with Gasteiger partial charge in [-0.25, -0.2) is 0 Å². The van der Waals surface area contributed by atoms with Gasteiger partial charge in [0.25, 0.3) is 0 Å². The molecular weight excluding hydrogens is 270 g/mol. The minimum absolute atomic E-state index is 0.206. The van der Waals surface area contributed by atoms with Crippen LogP contribution in [0.2, 0.25) is 5.02 Å². The van der Waals surface area contributed by atoms with Gasteiger partial charge in [-0.2, -0.15) is 0 Å². The number of hydrogen-bond acceptors (Lipinski definition) is 4. The molecule has 1 N–H and O–H groups in total. The molecule has 1 heterocycles. The predicted molar refractivity (Wildman–Crippen MR) is 73.4 cm³/mol. The highest BCUT2D eigenvalue weighted by atomic mass is 35.5. The minimum atomic E-state index is -0.206. The Labute approximate surface area is 115 Å². The van der Waals surface area contributed by atoms with Crippen LogP contribution in [0.4, 0.5) is 0 Å². The van der Waals surface area contributed by atoms with Crippen molar-refractivity contribution in [3.05, 3.63) is 33.1 Å². The Morgan fingerprint density at radius 3 is 2.42 bits per heavy atom. The lowest BCUT2D eigenvalue weighted by Gasteiger charge is -2.12. The van der Waals surface area contributed by atoms with Gasteiger partial charge < -0.3 is 19.2 Å². The van der Waals surface area contributed by atoms with Crippen LogP contribution in [0.1, 0.15) is 5.69 Å². The first kappa shape index (κ1) is 13.7. The summed E-state index contributed by atoms with van der Waals surface area (Å²) in [6, 6.07) is 3.09. The topological polar surface area (TPSA) is 60.6 Å². The highest BCUT2D eigenvalue weighted by Crippen LogP contribution is 2.36. The Hall–Kier alpha value is -1.72. The summed E-state index contributed by atoms with van der Waals surface area (Å²) >= 11 is 6.17. The van der Waals surface area contributed by atoms with Crippen molar-refractivity contribution in [2.75, 3.05) is 21.3 Å². The van der Waals surface area contributed by atoms with Gasteiger partial charge in [0.05, 0.1) is 36.8 Å². The van der Waals surface area contributed by atoms with Crippen LogP contribution in [0.5, 0.6) is 11.5 Å². The molecule has 0 bridgehead atoms. The first-order chi connectivity index (χ1) is 9.12. The first-order valence-electron chi connectivity index (χ1n) is 5.57. The molecule has 0 amide bonds. The zero-order valence-corrected chi connectivity index (χ0v) is 11.6. The number of aromatic nitrogens is 1. The van der Waals surface area contributed by atoms with E-state index in [2.05, 4.69) is 4.98 Å². The van der Waals surface area contributed by atoms with E-state index in [-0.39, 0.29) is 10.5 Å². The molecule has 5 nitrogen and oxygen atoms in total. The van der Waals surface area contributed by atoms with Gasteiger partial charge in [-0.15, -0.1) is 0 Å². The van der Waals surface area contributed by atoms with Crippen LogP contribution >= 0.6 is 11.6 Å². The fourth-order valence-corrected chi connectivity index (χ4v) is 2.26. The maximum atomic E-state index is 12.2. The monoisotopic (exact) mass is 283 g/mol. The van der Waals surface area contributed by atoms with Gasteiger partial charge in [0.1, 0.15) is 11.5 Å². The summed E-state index contributed by atoms with van der Waals surface area (Å²) in [7, 11) is 4.56. The summed E-state index contributed by atoms with van der Waals surface area (Å²) in [6.45, 7) is 0.304. The van der Waals surface area contributed by atoms with Crippen molar-refractivity contribution in [2.24, 2.45) is 0 Å². The molecule has 0 unspecified atom stereocenters. The number of benzene rings is 1. The Kier molecular flexibility index (Phi) is 3.97. The van der Waals surface area contributed by atoms with E-state index in [0.29, 0.717) is 34.7 Å². The summed E-state index contributed by atoms with van der Waals surface area (Å²) in [5.41, 5.74) is 0.982. The van der Waals surface area contributed by atoms with Crippen LogP contribution in [0.15, 0.2) is 16.9 Å². The summed E-state index contributed by atoms with van der Waals surface area (Å²) in [4.78, 5) is 15.3. The number of fused-ring (bicyclic) bond motifs is 1. The largest absolute Gasteiger partial charge is 0.495 e. The number of H-pyrrole nitrogens is 1. The van der Waals surface area contributed by atoms with E-state index in [9.17, 15) is 4.79 Å². The van der Waals surface area contributed by atoms with Crippen LogP contribution in [0.25, 0.3) is 10.9 Å². The second-order valence-corrected chi connectivity index (χ2v) is 4.31. The Morgan fingerprint density at radius 1 is 1.16 bits per heavy atom. The molecule has 2 aromatic rings. The summed E-state index contributed by atoms with van der Waals surface area (Å²) in [5, 5.41) is 0.612. The number of rotatable bonds is 4. The van der Waals surface area contributed by atoms with Crippen LogP contribution in [-0.2, 0) is 11.3 Å². The number of pyridine rings is 1. The van der Waals surface area contributed by atoms with Crippen LogP contribution in [0, 0.1) is 0 Å². The number of methoxy groups -OCH3 is 3. The van der Waals surface area contributed by atoms with Crippen molar-refractivity contribution in [3.8, 4) is 11.5 Å². The summed E-state index contributed by atoms with van der Waals surface area (Å²) < 4.78 is 15.4. The summed E-state index contributed by atoms with van der Waals surface area (Å²) in [6.07, 6.45) is 0. The highest BCUT2D eigenvalue weighted by Gasteiger charge is 2.16. The number of ether oxygens (including phenoxy) is 3. The van der Waals surface area contributed by atoms with E-state index >= 15 is 0 Å². The molecule has 0 aliphatic carbocycles. The molecule has 0 aliphatic heterocycles. The van der Waals surface area contributed by atoms with Crippen LogP contribution in [-0.4, -0.2) is 26.3 Å². The van der Waals surface area contributed by atoms with Crippen LogP contribution < -0.4 is 14.9 Å². The zero-order valence-electron chi connectivity index (χ0n) is 10.9. The van der Waals surface area contributed by atoms with Gasteiger partial charge in [-0.1, -0.05) is 11.6 Å². The lowest BCUT2D eigenvalue weighted by Crippen LogP contribution is -2.08. The number of nitrogens with one attached hydrogen (secondary N) is 1. The van der Waals surface area contributed by atoms with Crippen molar-refractivity contribution in [2.45, 2.75) is 6.61 Å². The van der Waals surface area contributed by atoms with Crippen molar-refractivity contribution in [3.63, 3.8) is 0 Å². The van der Waals surface area contributed by atoms with Crippen molar-refractivity contribution in [1.82, 2.24) is 4.98 Å². The SMILES string of the molecule is COCc1cc(=O)c2c(Cl)c(OC)cc(OC)c2[nH]1. The number of halogens is 1. The average molecular weight is 284 g/mol. The Bertz CT molecular complexity index is 666. The lowest BCUT2D eigenvalue weighted by atomic mass is 10.1. The number of aromatic amines is 1. The summed E-state index contributed by atoms with van der Waals surface area (Å²) in [5.74, 6) is 0.891. The van der Waals surface area contributed by atoms with Crippen molar-refractivity contribution in [1.29, 1.82) is 0 Å². The van der Waals surface area contributed by atoms with Gasteiger partial charge in [-0.3, -0.25) is 4.79 Å². The van der Waals surface area contributed by atoms with E-state index in [1.165, 1.54) is 20.3 Å². The fraction of sp³-hybridized carbons (Fsp3) is 0.308. The Balaban J connectivity index is 2.84. The lowest BCUT2D eigenvalue weighted by molar-refractivity contribution is 0.181. The molecule has 0 fully saturated rings. The van der Waals surface area contributed by atoms with Crippen molar-refractivity contribution >= 4 is 22.5 Å². The third-order valence-electron chi connectivity index (χ3n) is 2.77. The molecule has 0 saturated heterocycles. The third kappa shape index (κ3) is 2.39. The molecule has 102 valence electrons. The molecular formula is C13H14ClNO4. The van der Waals surface area contributed by atoms with E-state index < -0.39 is 0 Å². The standard InChI is InChI=1S/C13H14ClNO4/c1-17-6-7-4-8(16)11-12(14)9(18-2)5-10(19-3)13(11)15-7/h4-5H,6H2,1-3H3,(H,15,16). The fourth-order valence-electron chi connectivity index (χ4n) is 1.94. The molecule has 1 aromatic carbocycles. The normalized spacial score (nSPS) is 10.7. The number of hydrogen-bond donors (Lipinski definition) is 1. The molecule has 2 rings (SSSR count).